The van der Waals surface area contributed by atoms with Crippen LogP contribution >= 0.6 is 0 Å². The Morgan fingerprint density at radius 1 is 1.11 bits per heavy atom. The number of aliphatic hydroxyl groups excluding tert-OH is 1. The van der Waals surface area contributed by atoms with E-state index in [0.717, 1.165) is 50.2 Å². The Bertz CT molecular complexity index is 449. The van der Waals surface area contributed by atoms with Crippen LogP contribution in [0.1, 0.15) is 50.3 Å². The van der Waals surface area contributed by atoms with Crippen molar-refractivity contribution < 1.29 is 5.11 Å². The predicted octanol–water partition coefficient (Wildman–Crippen LogP) is 1.35. The molecule has 0 saturated heterocycles. The number of hydrazine groups is 1. The summed E-state index contributed by atoms with van der Waals surface area (Å²) in [5.74, 6) is 8.17. The summed E-state index contributed by atoms with van der Waals surface area (Å²) in [5.41, 5.74) is 2.59. The molecule has 0 bridgehead atoms. The molecule has 1 heterocycles. The monoisotopic (exact) mass is 263 g/mol. The second-order valence-electron chi connectivity index (χ2n) is 5.52. The van der Waals surface area contributed by atoms with Gasteiger partial charge in [-0.1, -0.05) is 12.8 Å². The van der Waals surface area contributed by atoms with Crippen molar-refractivity contribution in [3.8, 4) is 0 Å². The van der Waals surface area contributed by atoms with Crippen LogP contribution in [0.5, 0.6) is 0 Å². The van der Waals surface area contributed by atoms with Gasteiger partial charge in [-0.15, -0.1) is 0 Å². The summed E-state index contributed by atoms with van der Waals surface area (Å²) in [6, 6.07) is 1.88. The smallest absolute Gasteiger partial charge is 0.145 e. The van der Waals surface area contributed by atoms with E-state index in [1.807, 2.05) is 0 Å². The average Bonchev–Trinajstić information content (AvgIpc) is 3.25. The summed E-state index contributed by atoms with van der Waals surface area (Å²) in [7, 11) is 0. The van der Waals surface area contributed by atoms with Crippen LogP contribution in [-0.4, -0.2) is 27.2 Å². The minimum Gasteiger partial charge on any atom is -0.391 e. The minimum atomic E-state index is -0.289. The molecule has 0 aromatic carbocycles. The van der Waals surface area contributed by atoms with Gasteiger partial charge in [0.2, 0.25) is 0 Å². The van der Waals surface area contributed by atoms with Crippen molar-refractivity contribution in [3.05, 3.63) is 11.9 Å². The Balaban J connectivity index is 1.77. The van der Waals surface area contributed by atoms with Gasteiger partial charge < -0.3 is 15.8 Å². The van der Waals surface area contributed by atoms with Crippen LogP contribution in [0.3, 0.4) is 0 Å². The largest absolute Gasteiger partial charge is 0.391 e. The first-order valence-electron chi connectivity index (χ1n) is 7.06. The van der Waals surface area contributed by atoms with E-state index in [9.17, 15) is 5.11 Å². The van der Waals surface area contributed by atoms with E-state index in [1.54, 1.807) is 6.07 Å². The van der Waals surface area contributed by atoms with Gasteiger partial charge in [0, 0.05) is 12.0 Å². The van der Waals surface area contributed by atoms with Gasteiger partial charge in [0.15, 0.2) is 0 Å². The van der Waals surface area contributed by atoms with Crippen molar-refractivity contribution in [2.24, 2.45) is 5.84 Å². The number of nitrogens with one attached hydrogen (secondary N) is 2. The molecule has 6 nitrogen and oxygen atoms in total. The highest BCUT2D eigenvalue weighted by Gasteiger charge is 2.28. The normalized spacial score (nSPS) is 27.1. The van der Waals surface area contributed by atoms with E-state index in [-0.39, 0.29) is 12.1 Å². The van der Waals surface area contributed by atoms with Crippen molar-refractivity contribution in [2.45, 2.75) is 56.6 Å². The number of aromatic nitrogens is 2. The van der Waals surface area contributed by atoms with Crippen molar-refractivity contribution >= 4 is 11.6 Å². The summed E-state index contributed by atoms with van der Waals surface area (Å²) in [4.78, 5) is 8.92. The fourth-order valence-corrected chi connectivity index (χ4v) is 2.61. The summed E-state index contributed by atoms with van der Waals surface area (Å²) in [5, 5.41) is 13.3. The highest BCUT2D eigenvalue weighted by atomic mass is 16.3. The van der Waals surface area contributed by atoms with Gasteiger partial charge >= 0.3 is 0 Å². The first-order chi connectivity index (χ1) is 9.26. The lowest BCUT2D eigenvalue weighted by atomic mass is 9.92. The molecule has 19 heavy (non-hydrogen) atoms. The number of aliphatic hydroxyl groups is 1. The predicted molar refractivity (Wildman–Crippen MR) is 73.7 cm³/mol. The standard InChI is InChI=1S/C13H21N5O/c14-18-12-7-11(16-13(17-12)8-5-6-8)15-9-3-1-2-4-10(9)19/h7-10,19H,1-6,14H2,(H2,15,16,17,18). The SMILES string of the molecule is NNc1cc(NC2CCCCC2O)nc(C2CC2)n1. The maximum atomic E-state index is 10.0. The first kappa shape index (κ1) is 12.6. The molecular weight excluding hydrogens is 242 g/mol. The third kappa shape index (κ3) is 2.96. The fourth-order valence-electron chi connectivity index (χ4n) is 2.61. The highest BCUT2D eigenvalue weighted by Crippen LogP contribution is 2.39. The molecule has 2 saturated carbocycles. The van der Waals surface area contributed by atoms with Crippen LogP contribution in [-0.2, 0) is 0 Å². The van der Waals surface area contributed by atoms with Gasteiger partial charge in [-0.05, 0) is 25.7 Å². The zero-order valence-corrected chi connectivity index (χ0v) is 11.0. The molecule has 6 heteroatoms. The minimum absolute atomic E-state index is 0.0846. The maximum absolute atomic E-state index is 10.0. The molecular formula is C13H21N5O. The maximum Gasteiger partial charge on any atom is 0.145 e. The molecule has 0 aliphatic heterocycles. The van der Waals surface area contributed by atoms with E-state index in [4.69, 9.17) is 5.84 Å². The van der Waals surface area contributed by atoms with E-state index in [0.29, 0.717) is 11.7 Å². The molecule has 2 aliphatic carbocycles. The van der Waals surface area contributed by atoms with Crippen molar-refractivity contribution in [2.75, 3.05) is 10.7 Å². The molecule has 3 rings (SSSR count). The van der Waals surface area contributed by atoms with Crippen molar-refractivity contribution in [3.63, 3.8) is 0 Å². The van der Waals surface area contributed by atoms with Gasteiger partial charge in [0.1, 0.15) is 17.5 Å². The lowest BCUT2D eigenvalue weighted by Gasteiger charge is -2.28. The Morgan fingerprint density at radius 3 is 2.53 bits per heavy atom. The van der Waals surface area contributed by atoms with E-state index >= 15 is 0 Å². The van der Waals surface area contributed by atoms with Gasteiger partial charge in [0.25, 0.3) is 0 Å². The molecule has 0 amide bonds. The number of nitrogens with zero attached hydrogens (tertiary/aromatic N) is 2. The molecule has 0 spiro atoms. The molecule has 104 valence electrons. The highest BCUT2D eigenvalue weighted by molar-refractivity contribution is 5.48. The number of hydrogen-bond donors (Lipinski definition) is 4. The van der Waals surface area contributed by atoms with Gasteiger partial charge in [-0.3, -0.25) is 0 Å². The third-order valence-electron chi connectivity index (χ3n) is 3.90. The van der Waals surface area contributed by atoms with Crippen LogP contribution < -0.4 is 16.6 Å². The lowest BCUT2D eigenvalue weighted by Crippen LogP contribution is -2.36. The molecule has 0 radical (unpaired) electrons. The molecule has 2 atom stereocenters. The van der Waals surface area contributed by atoms with Crippen LogP contribution in [0.25, 0.3) is 0 Å². The first-order valence-corrected chi connectivity index (χ1v) is 7.06. The molecule has 1 aromatic rings. The molecule has 5 N–H and O–H groups in total. The molecule has 1 aromatic heterocycles. The second-order valence-corrected chi connectivity index (χ2v) is 5.52. The summed E-state index contributed by atoms with van der Waals surface area (Å²) < 4.78 is 0. The topological polar surface area (TPSA) is 96.1 Å². The fraction of sp³-hybridized carbons (Fsp3) is 0.692. The van der Waals surface area contributed by atoms with Crippen molar-refractivity contribution in [1.29, 1.82) is 0 Å². The number of anilines is 2. The van der Waals surface area contributed by atoms with Gasteiger partial charge in [0.05, 0.1) is 12.1 Å². The van der Waals surface area contributed by atoms with E-state index in [1.165, 1.54) is 0 Å². The third-order valence-corrected chi connectivity index (χ3v) is 3.90. The molecule has 2 fully saturated rings. The summed E-state index contributed by atoms with van der Waals surface area (Å²) in [6.07, 6.45) is 6.11. The quantitative estimate of drug-likeness (QED) is 0.484. The number of nitrogens with two attached hydrogens (primary N) is 1. The number of rotatable bonds is 4. The van der Waals surface area contributed by atoms with E-state index < -0.39 is 0 Å². The van der Waals surface area contributed by atoms with Crippen LogP contribution in [0.15, 0.2) is 6.07 Å². The van der Waals surface area contributed by atoms with Crippen LogP contribution in [0.4, 0.5) is 11.6 Å². The Hall–Kier alpha value is -1.40. The lowest BCUT2D eigenvalue weighted by molar-refractivity contribution is 0.116. The average molecular weight is 263 g/mol. The number of nitrogen functional groups attached to an aromatic ring is 1. The molecule has 2 unspecified atom stereocenters. The van der Waals surface area contributed by atoms with E-state index in [2.05, 4.69) is 20.7 Å². The zero-order chi connectivity index (χ0) is 13.2. The number of hydrogen-bond acceptors (Lipinski definition) is 6. The van der Waals surface area contributed by atoms with Crippen molar-refractivity contribution in [1.82, 2.24) is 9.97 Å². The summed E-state index contributed by atoms with van der Waals surface area (Å²) in [6.45, 7) is 0. The van der Waals surface area contributed by atoms with Crippen LogP contribution in [0, 0.1) is 0 Å². The van der Waals surface area contributed by atoms with Crippen LogP contribution in [0.2, 0.25) is 0 Å². The molecule has 2 aliphatic rings. The Morgan fingerprint density at radius 2 is 1.84 bits per heavy atom. The Kier molecular flexibility index (Phi) is 3.52. The van der Waals surface area contributed by atoms with Gasteiger partial charge in [-0.2, -0.15) is 0 Å². The zero-order valence-electron chi connectivity index (χ0n) is 11.0. The Labute approximate surface area is 112 Å². The summed E-state index contributed by atoms with van der Waals surface area (Å²) >= 11 is 0. The second kappa shape index (κ2) is 5.30. The van der Waals surface area contributed by atoms with Gasteiger partial charge in [-0.25, -0.2) is 15.8 Å².